The number of hydrogen-bond acceptors (Lipinski definition) is 6. The van der Waals surface area contributed by atoms with Crippen LogP contribution in [0.3, 0.4) is 0 Å². The van der Waals surface area contributed by atoms with Gasteiger partial charge in [-0.1, -0.05) is 0 Å². The third-order valence-electron chi connectivity index (χ3n) is 7.25. The van der Waals surface area contributed by atoms with Crippen molar-refractivity contribution < 1.29 is 46.1 Å². The zero-order valence-electron chi connectivity index (χ0n) is 21.9. The first-order chi connectivity index (χ1) is 19.0. The fourth-order valence-corrected chi connectivity index (χ4v) is 4.90. The quantitative estimate of drug-likeness (QED) is 0.338. The van der Waals surface area contributed by atoms with Crippen LogP contribution in [0.1, 0.15) is 48.1 Å². The average Bonchev–Trinajstić information content (AvgIpc) is 3.56. The molecule has 4 N–H and O–H groups in total. The highest BCUT2D eigenvalue weighted by molar-refractivity contribution is 5.86. The van der Waals surface area contributed by atoms with E-state index in [2.05, 4.69) is 20.5 Å². The number of aromatic nitrogens is 3. The summed E-state index contributed by atoms with van der Waals surface area (Å²) in [6.45, 7) is 3.48. The molecule has 0 radical (unpaired) electrons. The minimum absolute atomic E-state index is 0.0236. The second-order valence-electron chi connectivity index (χ2n) is 10.2. The largest absolute Gasteiger partial charge is 0.490 e. The molecule has 0 unspecified atom stereocenters. The van der Waals surface area contributed by atoms with Gasteiger partial charge in [-0.2, -0.15) is 26.3 Å². The molecule has 2 atom stereocenters. The van der Waals surface area contributed by atoms with Gasteiger partial charge in [0.05, 0.1) is 5.69 Å². The lowest BCUT2D eigenvalue weighted by atomic mass is 9.87. The monoisotopic (exact) mass is 587 g/mol. The fraction of sp³-hybridized carbons (Fsp3) is 0.462. The third-order valence-corrected chi connectivity index (χ3v) is 7.25. The number of aromatic amines is 1. The number of alkyl halides is 6. The highest BCUT2D eigenvalue weighted by Gasteiger charge is 2.57. The summed E-state index contributed by atoms with van der Waals surface area (Å²) in [5.41, 5.74) is 2.74. The van der Waals surface area contributed by atoms with Gasteiger partial charge in [0.15, 0.2) is 5.65 Å². The lowest BCUT2D eigenvalue weighted by Gasteiger charge is -2.36. The molecule has 3 aromatic rings. The molecule has 5 rings (SSSR count). The maximum absolute atomic E-state index is 13.3. The number of aryl methyl sites for hydroxylation is 1. The smallest absolute Gasteiger partial charge is 0.475 e. The predicted octanol–water partition coefficient (Wildman–Crippen LogP) is 4.19. The molecule has 0 aliphatic carbocycles. The van der Waals surface area contributed by atoms with E-state index in [0.717, 1.165) is 63.2 Å². The predicted molar refractivity (Wildman–Crippen MR) is 134 cm³/mol. The van der Waals surface area contributed by atoms with E-state index >= 15 is 0 Å². The van der Waals surface area contributed by atoms with Crippen molar-refractivity contribution in [2.24, 2.45) is 0 Å². The van der Waals surface area contributed by atoms with Gasteiger partial charge in [-0.3, -0.25) is 4.79 Å². The van der Waals surface area contributed by atoms with E-state index in [0.29, 0.717) is 19.0 Å². The van der Waals surface area contributed by atoms with E-state index in [1.165, 1.54) is 0 Å². The molecule has 9 nitrogen and oxygen atoms in total. The lowest BCUT2D eigenvalue weighted by molar-refractivity contribution is -0.250. The molecular weight excluding hydrogens is 560 g/mol. The first-order valence-corrected chi connectivity index (χ1v) is 12.6. The van der Waals surface area contributed by atoms with E-state index in [9.17, 15) is 36.2 Å². The number of halogens is 6. The van der Waals surface area contributed by atoms with Crippen molar-refractivity contribution >= 4 is 22.9 Å². The molecule has 2 aromatic heterocycles. The lowest BCUT2D eigenvalue weighted by Crippen LogP contribution is -2.56. The number of carboxylic acid groups (broad SMARTS) is 1. The standard InChI is InChI=1S/C24H26F3N5O2.C2HF3O2/c1-13-11-29-21-16(13)10-20(30-31-21)15-8-14-5-7-32(22(33)23(2,34)24(25,26)27)12-18(14)17(9-15)19-4-3-6-28-19;3-2(4,5)1(6)7/h8-11,19,28,34H,3-7,12H2,1-2H3,(H,29,31);(H,6,7)/t19-,23-;/m0./s1. The number of amides is 1. The first-order valence-electron chi connectivity index (χ1n) is 12.6. The highest BCUT2D eigenvalue weighted by Crippen LogP contribution is 2.38. The topological polar surface area (TPSA) is 131 Å². The molecule has 222 valence electrons. The van der Waals surface area contributed by atoms with Crippen LogP contribution in [0.4, 0.5) is 26.3 Å². The summed E-state index contributed by atoms with van der Waals surface area (Å²) in [7, 11) is 0. The van der Waals surface area contributed by atoms with Gasteiger partial charge in [-0.25, -0.2) is 4.79 Å². The maximum atomic E-state index is 13.3. The number of nitrogens with one attached hydrogen (secondary N) is 2. The summed E-state index contributed by atoms with van der Waals surface area (Å²) >= 11 is 0. The van der Waals surface area contributed by atoms with Crippen LogP contribution in [0.15, 0.2) is 24.4 Å². The van der Waals surface area contributed by atoms with Crippen molar-refractivity contribution in [1.82, 2.24) is 25.4 Å². The summed E-state index contributed by atoms with van der Waals surface area (Å²) in [4.78, 5) is 25.7. The summed E-state index contributed by atoms with van der Waals surface area (Å²) in [5, 5.41) is 30.2. The van der Waals surface area contributed by atoms with Crippen LogP contribution in [0.25, 0.3) is 22.3 Å². The number of fused-ring (bicyclic) bond motifs is 2. The molecule has 1 saturated heterocycles. The second-order valence-corrected chi connectivity index (χ2v) is 10.2. The minimum atomic E-state index is -5.08. The minimum Gasteiger partial charge on any atom is -0.475 e. The first kappa shape index (κ1) is 30.2. The second kappa shape index (κ2) is 10.9. The Morgan fingerprint density at radius 3 is 2.37 bits per heavy atom. The van der Waals surface area contributed by atoms with Crippen molar-refractivity contribution in [1.29, 1.82) is 0 Å². The van der Waals surface area contributed by atoms with Crippen LogP contribution in [-0.2, 0) is 22.6 Å². The molecule has 2 aliphatic heterocycles. The van der Waals surface area contributed by atoms with Crippen LogP contribution in [0.5, 0.6) is 0 Å². The van der Waals surface area contributed by atoms with E-state index in [1.807, 2.05) is 31.3 Å². The van der Waals surface area contributed by atoms with Crippen molar-refractivity contribution in [3.63, 3.8) is 0 Å². The molecule has 1 amide bonds. The number of aliphatic hydroxyl groups is 1. The normalized spacial score (nSPS) is 18.9. The zero-order valence-corrected chi connectivity index (χ0v) is 21.9. The van der Waals surface area contributed by atoms with Gasteiger partial charge in [-0.15, -0.1) is 10.2 Å². The SMILES string of the molecule is Cc1c[nH]c2nnc(-c3cc4c(c([C@@H]5CCCN5)c3)CN(C(=O)[C@](C)(O)C(F)(F)F)CC4)cc12.O=C(O)C(F)(F)F. The maximum Gasteiger partial charge on any atom is 0.490 e. The van der Waals surface area contributed by atoms with Crippen molar-refractivity contribution in [2.75, 3.05) is 13.1 Å². The van der Waals surface area contributed by atoms with Crippen LogP contribution < -0.4 is 5.32 Å². The van der Waals surface area contributed by atoms with E-state index in [1.54, 1.807) is 0 Å². The van der Waals surface area contributed by atoms with Crippen molar-refractivity contribution in [3.05, 3.63) is 46.6 Å². The van der Waals surface area contributed by atoms with Gasteiger partial charge in [0.1, 0.15) is 0 Å². The van der Waals surface area contributed by atoms with Crippen LogP contribution >= 0.6 is 0 Å². The van der Waals surface area contributed by atoms with Gasteiger partial charge in [-0.05, 0) is 80.1 Å². The number of carboxylic acids is 1. The van der Waals surface area contributed by atoms with E-state index in [-0.39, 0.29) is 19.1 Å². The van der Waals surface area contributed by atoms with Crippen molar-refractivity contribution in [2.45, 2.75) is 63.7 Å². The Morgan fingerprint density at radius 1 is 1.10 bits per heavy atom. The number of hydrogen-bond donors (Lipinski definition) is 4. The van der Waals surface area contributed by atoms with E-state index < -0.39 is 29.8 Å². The molecular formula is C26H27F6N5O4. The van der Waals surface area contributed by atoms with Gasteiger partial charge >= 0.3 is 18.3 Å². The molecule has 2 aliphatic rings. The fourth-order valence-electron chi connectivity index (χ4n) is 4.90. The summed E-state index contributed by atoms with van der Waals surface area (Å²) < 4.78 is 71.6. The molecule has 41 heavy (non-hydrogen) atoms. The van der Waals surface area contributed by atoms with Gasteiger partial charge in [0.25, 0.3) is 5.91 Å². The summed E-state index contributed by atoms with van der Waals surface area (Å²) in [6, 6.07) is 6.03. The number of carbonyl (C=O) groups excluding carboxylic acids is 1. The Labute approximate surface area is 229 Å². The van der Waals surface area contributed by atoms with Gasteiger partial charge < -0.3 is 25.4 Å². The Balaban J connectivity index is 0.000000493. The van der Waals surface area contributed by atoms with Crippen LogP contribution in [0, 0.1) is 6.92 Å². The summed E-state index contributed by atoms with van der Waals surface area (Å²) in [5.74, 6) is -4.08. The number of nitrogens with zero attached hydrogens (tertiary/aromatic N) is 3. The zero-order chi connectivity index (χ0) is 30.3. The molecule has 1 fully saturated rings. The van der Waals surface area contributed by atoms with E-state index in [4.69, 9.17) is 9.90 Å². The van der Waals surface area contributed by atoms with Gasteiger partial charge in [0, 0.05) is 36.3 Å². The Hall–Kier alpha value is -3.72. The molecule has 4 heterocycles. The number of benzene rings is 1. The Kier molecular flexibility index (Phi) is 8.06. The number of rotatable bonds is 3. The Morgan fingerprint density at radius 2 is 1.78 bits per heavy atom. The molecule has 1 aromatic carbocycles. The third kappa shape index (κ3) is 6.15. The molecule has 0 spiro atoms. The molecule has 15 heteroatoms. The number of carbonyl (C=O) groups is 2. The average molecular weight is 588 g/mol. The van der Waals surface area contributed by atoms with Crippen molar-refractivity contribution in [3.8, 4) is 11.3 Å². The number of H-pyrrole nitrogens is 1. The molecule has 0 bridgehead atoms. The summed E-state index contributed by atoms with van der Waals surface area (Å²) in [6.07, 6.45) is -5.97. The number of aliphatic carboxylic acids is 1. The van der Waals surface area contributed by atoms with Crippen LogP contribution in [-0.4, -0.2) is 73.2 Å². The Bertz CT molecular complexity index is 1460. The highest BCUT2D eigenvalue weighted by atomic mass is 19.4. The van der Waals surface area contributed by atoms with Gasteiger partial charge in [0.2, 0.25) is 5.60 Å². The van der Waals surface area contributed by atoms with Crippen LogP contribution in [0.2, 0.25) is 0 Å². The molecule has 0 saturated carbocycles.